The standard InChI is InChI=1S/C19H21N3O4S/c1-22-11-5-8-17(22)19(24)21-16-13-27(25,26)12-15(16)20-18(23)10-9-14-6-3-2-4-7-14/h2-11,15-16H,12-13H2,1H3,(H,20,23)(H,21,24)/b10-9+/t15-,16+/m0/s1. The lowest BCUT2D eigenvalue weighted by Gasteiger charge is -2.20. The second kappa shape index (κ2) is 7.79. The highest BCUT2D eigenvalue weighted by Gasteiger charge is 2.39. The third kappa shape index (κ3) is 4.85. The molecule has 0 unspecified atom stereocenters. The highest BCUT2D eigenvalue weighted by atomic mass is 32.2. The topological polar surface area (TPSA) is 97.3 Å². The molecule has 0 saturated carbocycles. The lowest BCUT2D eigenvalue weighted by molar-refractivity contribution is -0.117. The van der Waals surface area contributed by atoms with Gasteiger partial charge in [-0.1, -0.05) is 30.3 Å². The van der Waals surface area contributed by atoms with Gasteiger partial charge in [0.25, 0.3) is 5.91 Å². The SMILES string of the molecule is Cn1cccc1C(=O)N[C@@H]1CS(=O)(=O)C[C@@H]1NC(=O)/C=C/c1ccccc1. The van der Waals surface area contributed by atoms with Crippen molar-refractivity contribution in [3.05, 3.63) is 66.0 Å². The van der Waals surface area contributed by atoms with E-state index in [2.05, 4.69) is 10.6 Å². The molecular weight excluding hydrogens is 366 g/mol. The van der Waals surface area contributed by atoms with Crippen LogP contribution in [0.25, 0.3) is 6.08 Å². The van der Waals surface area contributed by atoms with Crippen LogP contribution < -0.4 is 10.6 Å². The van der Waals surface area contributed by atoms with E-state index in [9.17, 15) is 18.0 Å². The molecule has 2 N–H and O–H groups in total. The Kier molecular flexibility index (Phi) is 5.46. The minimum atomic E-state index is -3.34. The summed E-state index contributed by atoms with van der Waals surface area (Å²) in [4.78, 5) is 24.6. The second-order valence-electron chi connectivity index (χ2n) is 6.52. The van der Waals surface area contributed by atoms with E-state index in [0.29, 0.717) is 5.69 Å². The van der Waals surface area contributed by atoms with Crippen LogP contribution in [0.4, 0.5) is 0 Å². The third-order valence-corrected chi connectivity index (χ3v) is 6.13. The first-order chi connectivity index (χ1) is 12.8. The lowest BCUT2D eigenvalue weighted by atomic mass is 10.1. The van der Waals surface area contributed by atoms with Crippen LogP contribution in [0, 0.1) is 0 Å². The van der Waals surface area contributed by atoms with Crippen LogP contribution in [0.3, 0.4) is 0 Å². The predicted molar refractivity (Wildman–Crippen MR) is 103 cm³/mol. The summed E-state index contributed by atoms with van der Waals surface area (Å²) in [6.45, 7) is 0. The molecule has 0 spiro atoms. The molecular formula is C19H21N3O4S. The summed E-state index contributed by atoms with van der Waals surface area (Å²) >= 11 is 0. The molecule has 0 bridgehead atoms. The van der Waals surface area contributed by atoms with Crippen molar-refractivity contribution in [2.24, 2.45) is 7.05 Å². The van der Waals surface area contributed by atoms with Gasteiger partial charge in [0.1, 0.15) is 5.69 Å². The van der Waals surface area contributed by atoms with E-state index < -0.39 is 27.8 Å². The van der Waals surface area contributed by atoms with E-state index in [1.54, 1.807) is 36.0 Å². The zero-order valence-corrected chi connectivity index (χ0v) is 15.6. The van der Waals surface area contributed by atoms with Crippen molar-refractivity contribution in [3.63, 3.8) is 0 Å². The van der Waals surface area contributed by atoms with Gasteiger partial charge in [0.05, 0.1) is 23.6 Å². The molecule has 142 valence electrons. The predicted octanol–water partition coefficient (Wildman–Crippen LogP) is 0.750. The molecule has 0 radical (unpaired) electrons. The number of carbonyl (C=O) groups is 2. The van der Waals surface area contributed by atoms with Gasteiger partial charge in [-0.05, 0) is 23.8 Å². The number of aryl methyl sites for hydroxylation is 1. The van der Waals surface area contributed by atoms with Gasteiger partial charge in [-0.2, -0.15) is 0 Å². The molecule has 1 fully saturated rings. The van der Waals surface area contributed by atoms with Crippen LogP contribution in [0.2, 0.25) is 0 Å². The van der Waals surface area contributed by atoms with E-state index in [0.717, 1.165) is 5.56 Å². The van der Waals surface area contributed by atoms with Crippen LogP contribution in [0.5, 0.6) is 0 Å². The van der Waals surface area contributed by atoms with E-state index in [4.69, 9.17) is 0 Å². The molecule has 1 aliphatic heterocycles. The van der Waals surface area contributed by atoms with E-state index in [1.807, 2.05) is 30.3 Å². The van der Waals surface area contributed by atoms with Crippen molar-refractivity contribution in [1.29, 1.82) is 0 Å². The fraction of sp³-hybridized carbons (Fsp3) is 0.263. The van der Waals surface area contributed by atoms with Gasteiger partial charge in [-0.3, -0.25) is 9.59 Å². The summed E-state index contributed by atoms with van der Waals surface area (Å²) in [6, 6.07) is 11.3. The van der Waals surface area contributed by atoms with Crippen LogP contribution in [0.15, 0.2) is 54.7 Å². The quantitative estimate of drug-likeness (QED) is 0.740. The van der Waals surface area contributed by atoms with Crippen LogP contribution >= 0.6 is 0 Å². The number of benzene rings is 1. The molecule has 2 heterocycles. The van der Waals surface area contributed by atoms with Crippen molar-refractivity contribution < 1.29 is 18.0 Å². The summed E-state index contributed by atoms with van der Waals surface area (Å²) < 4.78 is 25.7. The molecule has 7 nitrogen and oxygen atoms in total. The Morgan fingerprint density at radius 2 is 1.70 bits per heavy atom. The number of nitrogens with zero attached hydrogens (tertiary/aromatic N) is 1. The van der Waals surface area contributed by atoms with Crippen LogP contribution in [0.1, 0.15) is 16.1 Å². The lowest BCUT2D eigenvalue weighted by Crippen LogP contribution is -2.50. The van der Waals surface area contributed by atoms with Crippen molar-refractivity contribution in [1.82, 2.24) is 15.2 Å². The number of nitrogens with one attached hydrogen (secondary N) is 2. The molecule has 0 aliphatic carbocycles. The Labute approximate surface area is 158 Å². The average Bonchev–Trinajstić information content (AvgIpc) is 3.16. The summed E-state index contributed by atoms with van der Waals surface area (Å²) in [5.41, 5.74) is 1.29. The van der Waals surface area contributed by atoms with Gasteiger partial charge in [0.2, 0.25) is 5.91 Å². The maximum Gasteiger partial charge on any atom is 0.268 e. The smallest absolute Gasteiger partial charge is 0.268 e. The fourth-order valence-electron chi connectivity index (χ4n) is 3.04. The number of carbonyl (C=O) groups excluding carboxylic acids is 2. The Balaban J connectivity index is 1.67. The summed E-state index contributed by atoms with van der Waals surface area (Å²) in [6.07, 6.45) is 4.74. The summed E-state index contributed by atoms with van der Waals surface area (Å²) in [5.74, 6) is -1.17. The average molecular weight is 387 g/mol. The normalized spacial score (nSPS) is 21.2. The van der Waals surface area contributed by atoms with Gasteiger partial charge in [-0.15, -0.1) is 0 Å². The molecule has 1 aromatic carbocycles. The number of aromatic nitrogens is 1. The van der Waals surface area contributed by atoms with Gasteiger partial charge < -0.3 is 15.2 Å². The molecule has 2 aromatic rings. The number of amides is 2. The maximum atomic E-state index is 12.4. The fourth-order valence-corrected chi connectivity index (χ4v) is 4.90. The Bertz CT molecular complexity index is 964. The molecule has 3 rings (SSSR count). The zero-order valence-electron chi connectivity index (χ0n) is 14.8. The molecule has 1 saturated heterocycles. The van der Waals surface area contributed by atoms with Crippen molar-refractivity contribution >= 4 is 27.7 Å². The molecule has 2 atom stereocenters. The molecule has 1 aliphatic rings. The Morgan fingerprint density at radius 3 is 2.33 bits per heavy atom. The minimum Gasteiger partial charge on any atom is -0.347 e. The Morgan fingerprint density at radius 1 is 1.04 bits per heavy atom. The van der Waals surface area contributed by atoms with E-state index in [-0.39, 0.29) is 17.4 Å². The first kappa shape index (κ1) is 18.9. The zero-order chi connectivity index (χ0) is 19.4. The minimum absolute atomic E-state index is 0.198. The Hall–Kier alpha value is -2.87. The number of hydrogen-bond donors (Lipinski definition) is 2. The largest absolute Gasteiger partial charge is 0.347 e. The highest BCUT2D eigenvalue weighted by Crippen LogP contribution is 2.14. The van der Waals surface area contributed by atoms with Gasteiger partial charge in [0.15, 0.2) is 9.84 Å². The van der Waals surface area contributed by atoms with Crippen LogP contribution in [-0.2, 0) is 21.7 Å². The first-order valence-electron chi connectivity index (χ1n) is 8.50. The second-order valence-corrected chi connectivity index (χ2v) is 8.67. The number of hydrogen-bond acceptors (Lipinski definition) is 4. The van der Waals surface area contributed by atoms with Crippen LogP contribution in [-0.4, -0.2) is 48.4 Å². The summed E-state index contributed by atoms with van der Waals surface area (Å²) in [5, 5.41) is 5.42. The summed E-state index contributed by atoms with van der Waals surface area (Å²) in [7, 11) is -1.61. The van der Waals surface area contributed by atoms with E-state index in [1.165, 1.54) is 6.08 Å². The third-order valence-electron chi connectivity index (χ3n) is 4.40. The highest BCUT2D eigenvalue weighted by molar-refractivity contribution is 7.91. The number of rotatable bonds is 5. The maximum absolute atomic E-state index is 12.4. The van der Waals surface area contributed by atoms with E-state index >= 15 is 0 Å². The monoisotopic (exact) mass is 387 g/mol. The van der Waals surface area contributed by atoms with Gasteiger partial charge in [0, 0.05) is 19.3 Å². The van der Waals surface area contributed by atoms with Gasteiger partial charge >= 0.3 is 0 Å². The van der Waals surface area contributed by atoms with Crippen molar-refractivity contribution in [3.8, 4) is 0 Å². The first-order valence-corrected chi connectivity index (χ1v) is 10.3. The molecule has 1 aromatic heterocycles. The van der Waals surface area contributed by atoms with Crippen molar-refractivity contribution in [2.45, 2.75) is 12.1 Å². The number of sulfone groups is 1. The van der Waals surface area contributed by atoms with Crippen molar-refractivity contribution in [2.75, 3.05) is 11.5 Å². The molecule has 27 heavy (non-hydrogen) atoms. The van der Waals surface area contributed by atoms with Gasteiger partial charge in [-0.25, -0.2) is 8.42 Å². The molecule has 8 heteroatoms. The molecule has 2 amide bonds.